The van der Waals surface area contributed by atoms with Crippen LogP contribution in [0.1, 0.15) is 0 Å². The number of para-hydroxylation sites is 2. The summed E-state index contributed by atoms with van der Waals surface area (Å²) >= 11 is 0. The molecule has 2 aromatic rings. The molecule has 1 heterocycles. The zero-order valence-electron chi connectivity index (χ0n) is 15.3. The van der Waals surface area contributed by atoms with E-state index >= 15 is 0 Å². The minimum Gasteiger partial charge on any atom is -0.497 e. The summed E-state index contributed by atoms with van der Waals surface area (Å²) in [5.41, 5.74) is 1.86. The summed E-state index contributed by atoms with van der Waals surface area (Å²) in [5, 5.41) is 2.93. The number of carbonyl (C=O) groups excluding carboxylic acids is 1. The summed E-state index contributed by atoms with van der Waals surface area (Å²) in [7, 11) is 3.28. The molecule has 26 heavy (non-hydrogen) atoms. The number of piperazine rings is 1. The number of methoxy groups -OCH3 is 2. The number of ether oxygens (including phenoxy) is 2. The van der Waals surface area contributed by atoms with Crippen LogP contribution >= 0.6 is 0 Å². The largest absolute Gasteiger partial charge is 0.497 e. The van der Waals surface area contributed by atoms with Crippen LogP contribution in [0.4, 0.5) is 11.4 Å². The lowest BCUT2D eigenvalue weighted by molar-refractivity contribution is -0.117. The van der Waals surface area contributed by atoms with Crippen LogP contribution in [0.5, 0.6) is 11.5 Å². The molecular formula is C20H25N3O3. The molecule has 0 bridgehead atoms. The highest BCUT2D eigenvalue weighted by molar-refractivity contribution is 5.93. The first-order valence-corrected chi connectivity index (χ1v) is 8.74. The van der Waals surface area contributed by atoms with Gasteiger partial charge in [-0.05, 0) is 24.3 Å². The molecule has 0 aliphatic carbocycles. The minimum absolute atomic E-state index is 0.0238. The summed E-state index contributed by atoms with van der Waals surface area (Å²) < 4.78 is 10.6. The van der Waals surface area contributed by atoms with Gasteiger partial charge in [0.05, 0.1) is 26.5 Å². The summed E-state index contributed by atoms with van der Waals surface area (Å²) in [6.07, 6.45) is 0. The first-order valence-electron chi connectivity index (χ1n) is 8.74. The number of nitrogens with one attached hydrogen (secondary N) is 1. The van der Waals surface area contributed by atoms with Crippen LogP contribution in [0, 0.1) is 0 Å². The number of hydrogen-bond donors (Lipinski definition) is 1. The van der Waals surface area contributed by atoms with E-state index < -0.39 is 0 Å². The molecule has 0 spiro atoms. The van der Waals surface area contributed by atoms with E-state index in [0.717, 1.165) is 37.6 Å². The monoisotopic (exact) mass is 355 g/mol. The molecule has 3 rings (SSSR count). The number of rotatable bonds is 6. The Bertz CT molecular complexity index is 743. The average molecular weight is 355 g/mol. The average Bonchev–Trinajstić information content (AvgIpc) is 2.69. The van der Waals surface area contributed by atoms with E-state index in [2.05, 4.69) is 21.2 Å². The van der Waals surface area contributed by atoms with Crippen LogP contribution < -0.4 is 19.7 Å². The minimum atomic E-state index is -0.0238. The quantitative estimate of drug-likeness (QED) is 0.863. The lowest BCUT2D eigenvalue weighted by Crippen LogP contribution is -2.48. The zero-order valence-corrected chi connectivity index (χ0v) is 15.3. The second kappa shape index (κ2) is 8.58. The zero-order chi connectivity index (χ0) is 18.4. The molecule has 1 N–H and O–H groups in total. The van der Waals surface area contributed by atoms with Gasteiger partial charge in [-0.3, -0.25) is 9.69 Å². The van der Waals surface area contributed by atoms with Gasteiger partial charge in [0.15, 0.2) is 0 Å². The molecule has 2 aromatic carbocycles. The lowest BCUT2D eigenvalue weighted by Gasteiger charge is -2.35. The number of carbonyl (C=O) groups is 1. The van der Waals surface area contributed by atoms with Crippen LogP contribution in [0.25, 0.3) is 0 Å². The van der Waals surface area contributed by atoms with Gasteiger partial charge in [0.1, 0.15) is 11.5 Å². The fourth-order valence-corrected chi connectivity index (χ4v) is 3.11. The summed E-state index contributed by atoms with van der Waals surface area (Å²) in [4.78, 5) is 16.8. The van der Waals surface area contributed by atoms with Crippen molar-refractivity contribution in [3.05, 3.63) is 48.5 Å². The first-order chi connectivity index (χ1) is 12.7. The highest BCUT2D eigenvalue weighted by Gasteiger charge is 2.20. The van der Waals surface area contributed by atoms with E-state index in [9.17, 15) is 4.79 Å². The molecule has 6 nitrogen and oxygen atoms in total. The van der Waals surface area contributed by atoms with Crippen molar-refractivity contribution < 1.29 is 14.3 Å². The van der Waals surface area contributed by atoms with Crippen LogP contribution in [0.3, 0.4) is 0 Å². The van der Waals surface area contributed by atoms with Crippen LogP contribution in [-0.2, 0) is 4.79 Å². The molecule has 138 valence electrons. The normalized spacial score (nSPS) is 14.8. The van der Waals surface area contributed by atoms with Crippen LogP contribution in [0.2, 0.25) is 0 Å². The lowest BCUT2D eigenvalue weighted by atomic mass is 10.2. The van der Waals surface area contributed by atoms with E-state index in [1.807, 2.05) is 42.5 Å². The van der Waals surface area contributed by atoms with Crippen LogP contribution in [0.15, 0.2) is 48.5 Å². The van der Waals surface area contributed by atoms with Gasteiger partial charge in [-0.25, -0.2) is 0 Å². The van der Waals surface area contributed by atoms with Crippen molar-refractivity contribution in [1.29, 1.82) is 0 Å². The van der Waals surface area contributed by atoms with Gasteiger partial charge in [0.2, 0.25) is 5.91 Å². The third kappa shape index (κ3) is 4.46. The second-order valence-electron chi connectivity index (χ2n) is 6.21. The fourth-order valence-electron chi connectivity index (χ4n) is 3.11. The highest BCUT2D eigenvalue weighted by atomic mass is 16.5. The summed E-state index contributed by atoms with van der Waals surface area (Å²) in [6.45, 7) is 3.83. The molecule has 1 aliphatic rings. The Labute approximate surface area is 154 Å². The van der Waals surface area contributed by atoms with Gasteiger partial charge in [0, 0.05) is 37.9 Å². The summed E-state index contributed by atoms with van der Waals surface area (Å²) in [5.74, 6) is 1.51. The van der Waals surface area contributed by atoms with Crippen molar-refractivity contribution in [3.63, 3.8) is 0 Å². The second-order valence-corrected chi connectivity index (χ2v) is 6.21. The fraction of sp³-hybridized carbons (Fsp3) is 0.350. The van der Waals surface area contributed by atoms with Gasteiger partial charge >= 0.3 is 0 Å². The van der Waals surface area contributed by atoms with E-state index in [4.69, 9.17) is 9.47 Å². The molecule has 0 saturated carbocycles. The number of benzene rings is 2. The van der Waals surface area contributed by atoms with E-state index in [1.165, 1.54) is 0 Å². The predicted octanol–water partition coefficient (Wildman–Crippen LogP) is 2.46. The SMILES string of the molecule is COc1cccc(N2CCN(CC(=O)Nc3ccccc3OC)CC2)c1. The third-order valence-electron chi connectivity index (χ3n) is 4.54. The Balaban J connectivity index is 1.51. The van der Waals surface area contributed by atoms with Gasteiger partial charge in [0.25, 0.3) is 0 Å². The number of hydrogen-bond acceptors (Lipinski definition) is 5. The number of amides is 1. The van der Waals surface area contributed by atoms with E-state index in [-0.39, 0.29) is 5.91 Å². The van der Waals surface area contributed by atoms with Crippen molar-refractivity contribution in [2.75, 3.05) is 57.2 Å². The molecule has 0 atom stereocenters. The maximum absolute atomic E-state index is 12.3. The Morgan fingerprint density at radius 2 is 1.77 bits per heavy atom. The molecule has 1 amide bonds. The highest BCUT2D eigenvalue weighted by Crippen LogP contribution is 2.24. The third-order valence-corrected chi connectivity index (χ3v) is 4.54. The molecule has 0 unspecified atom stereocenters. The standard InChI is InChI=1S/C20H25N3O3/c1-25-17-7-5-6-16(14-17)23-12-10-22(11-13-23)15-20(24)21-18-8-3-4-9-19(18)26-2/h3-9,14H,10-13,15H2,1-2H3,(H,21,24). The molecule has 0 radical (unpaired) electrons. The first kappa shape index (κ1) is 18.1. The molecule has 6 heteroatoms. The molecule has 1 saturated heterocycles. The summed E-state index contributed by atoms with van der Waals surface area (Å²) in [6, 6.07) is 15.5. The van der Waals surface area contributed by atoms with Crippen molar-refractivity contribution in [3.8, 4) is 11.5 Å². The van der Waals surface area contributed by atoms with Crippen molar-refractivity contribution in [2.24, 2.45) is 0 Å². The van der Waals surface area contributed by atoms with E-state index in [1.54, 1.807) is 14.2 Å². The van der Waals surface area contributed by atoms with Gasteiger partial charge in [-0.2, -0.15) is 0 Å². The predicted molar refractivity (Wildman–Crippen MR) is 103 cm³/mol. The van der Waals surface area contributed by atoms with Crippen molar-refractivity contribution >= 4 is 17.3 Å². The molecule has 1 aliphatic heterocycles. The number of anilines is 2. The molecule has 1 fully saturated rings. The van der Waals surface area contributed by atoms with E-state index in [0.29, 0.717) is 18.0 Å². The topological polar surface area (TPSA) is 54.0 Å². The van der Waals surface area contributed by atoms with Crippen molar-refractivity contribution in [2.45, 2.75) is 0 Å². The maximum Gasteiger partial charge on any atom is 0.238 e. The van der Waals surface area contributed by atoms with Crippen molar-refractivity contribution in [1.82, 2.24) is 4.90 Å². The Morgan fingerprint density at radius 3 is 2.50 bits per heavy atom. The molecular weight excluding hydrogens is 330 g/mol. The maximum atomic E-state index is 12.3. The van der Waals surface area contributed by atoms with Gasteiger partial charge in [-0.1, -0.05) is 18.2 Å². The number of nitrogens with zero attached hydrogens (tertiary/aromatic N) is 2. The van der Waals surface area contributed by atoms with Crippen LogP contribution in [-0.4, -0.2) is 57.8 Å². The molecule has 0 aromatic heterocycles. The Morgan fingerprint density at radius 1 is 1.00 bits per heavy atom. The van der Waals surface area contributed by atoms with Gasteiger partial charge < -0.3 is 19.7 Å². The Kier molecular flexibility index (Phi) is 5.96. The van der Waals surface area contributed by atoms with Gasteiger partial charge in [-0.15, -0.1) is 0 Å². The Hall–Kier alpha value is -2.73. The smallest absolute Gasteiger partial charge is 0.238 e.